The third-order valence-corrected chi connectivity index (χ3v) is 5.68. The molecule has 0 aliphatic heterocycles. The number of hydrogen-bond acceptors (Lipinski definition) is 7. The van der Waals surface area contributed by atoms with Crippen molar-refractivity contribution in [1.29, 1.82) is 0 Å². The van der Waals surface area contributed by atoms with E-state index < -0.39 is 11.2 Å². The summed E-state index contributed by atoms with van der Waals surface area (Å²) >= 11 is 1.49. The van der Waals surface area contributed by atoms with Gasteiger partial charge in [0.15, 0.2) is 5.69 Å². The first-order chi connectivity index (χ1) is 15.1. The van der Waals surface area contributed by atoms with Crippen molar-refractivity contribution in [1.82, 2.24) is 14.5 Å². The number of thiophene rings is 1. The quantitative estimate of drug-likeness (QED) is 0.533. The van der Waals surface area contributed by atoms with Crippen LogP contribution in [0.1, 0.15) is 39.1 Å². The van der Waals surface area contributed by atoms with Gasteiger partial charge in [0.2, 0.25) is 11.8 Å². The van der Waals surface area contributed by atoms with Gasteiger partial charge in [0, 0.05) is 13.1 Å². The molecule has 3 heterocycles. The number of aryl methyl sites for hydroxylation is 1. The Morgan fingerprint density at radius 1 is 1.28 bits per heavy atom. The van der Waals surface area contributed by atoms with Crippen LogP contribution in [0.15, 0.2) is 31.5 Å². The maximum atomic E-state index is 13.4. The molecule has 0 aliphatic rings. The topological polar surface area (TPSA) is 127 Å². The van der Waals surface area contributed by atoms with Gasteiger partial charge in [0.1, 0.15) is 11.6 Å². The van der Waals surface area contributed by atoms with Crippen molar-refractivity contribution in [3.05, 3.63) is 49.8 Å². The van der Waals surface area contributed by atoms with Gasteiger partial charge in [-0.1, -0.05) is 33.8 Å². The molecule has 0 spiro atoms. The third-order valence-electron chi connectivity index (χ3n) is 4.82. The number of aromatic nitrogens is 3. The van der Waals surface area contributed by atoms with Gasteiger partial charge >= 0.3 is 5.69 Å². The summed E-state index contributed by atoms with van der Waals surface area (Å²) in [6, 6.07) is 3.79. The normalized spacial score (nSPS) is 11.5. The molecular formula is C22H29N5O4S. The van der Waals surface area contributed by atoms with Crippen LogP contribution in [-0.4, -0.2) is 27.0 Å². The highest BCUT2D eigenvalue weighted by molar-refractivity contribution is 7.13. The molecule has 0 radical (unpaired) electrons. The second-order valence-electron chi connectivity index (χ2n) is 8.57. The summed E-state index contributed by atoms with van der Waals surface area (Å²) in [7, 11) is 0. The largest absolute Gasteiger partial charge is 0.440 e. The molecule has 3 N–H and O–H groups in total. The fraction of sp³-hybridized carbons (Fsp3) is 0.455. The number of hydrogen-bond donors (Lipinski definition) is 2. The van der Waals surface area contributed by atoms with Crippen molar-refractivity contribution in [3.8, 4) is 10.8 Å². The van der Waals surface area contributed by atoms with Gasteiger partial charge in [-0.2, -0.15) is 0 Å². The number of carbonyl (C=O) groups is 1. The molecule has 32 heavy (non-hydrogen) atoms. The predicted molar refractivity (Wildman–Crippen MR) is 126 cm³/mol. The van der Waals surface area contributed by atoms with Gasteiger partial charge in [0.25, 0.3) is 5.56 Å². The summed E-state index contributed by atoms with van der Waals surface area (Å²) in [5.41, 5.74) is 5.47. The van der Waals surface area contributed by atoms with E-state index in [2.05, 4.69) is 9.97 Å². The van der Waals surface area contributed by atoms with Crippen LogP contribution < -0.4 is 21.9 Å². The molecule has 0 saturated heterocycles. The number of nitrogen functional groups attached to an aromatic ring is 1. The molecule has 3 aromatic heterocycles. The highest BCUT2D eigenvalue weighted by Gasteiger charge is 2.27. The van der Waals surface area contributed by atoms with E-state index in [1.807, 2.05) is 45.2 Å². The highest BCUT2D eigenvalue weighted by atomic mass is 32.1. The average Bonchev–Trinajstić information content (AvgIpc) is 3.34. The number of nitrogens with two attached hydrogens (primary N) is 1. The molecule has 3 rings (SSSR count). The van der Waals surface area contributed by atoms with Crippen LogP contribution in [-0.2, 0) is 17.8 Å². The van der Waals surface area contributed by atoms with Crippen molar-refractivity contribution in [2.24, 2.45) is 11.8 Å². The minimum Gasteiger partial charge on any atom is -0.440 e. The Kier molecular flexibility index (Phi) is 7.02. The van der Waals surface area contributed by atoms with E-state index >= 15 is 0 Å². The number of rotatable bonds is 8. The molecule has 0 aliphatic carbocycles. The van der Waals surface area contributed by atoms with E-state index in [1.54, 1.807) is 6.92 Å². The number of anilines is 2. The summed E-state index contributed by atoms with van der Waals surface area (Å²) in [5, 5.41) is 1.92. The Labute approximate surface area is 189 Å². The van der Waals surface area contributed by atoms with Gasteiger partial charge in [-0.05, 0) is 30.2 Å². The average molecular weight is 460 g/mol. The molecule has 0 fully saturated rings. The van der Waals surface area contributed by atoms with Crippen LogP contribution >= 0.6 is 11.3 Å². The third kappa shape index (κ3) is 5.01. The zero-order chi connectivity index (χ0) is 23.6. The van der Waals surface area contributed by atoms with E-state index in [9.17, 15) is 14.4 Å². The number of oxazole rings is 1. The summed E-state index contributed by atoms with van der Waals surface area (Å²) in [4.78, 5) is 47.4. The Balaban J connectivity index is 2.00. The van der Waals surface area contributed by atoms with Gasteiger partial charge in [-0.15, -0.1) is 11.3 Å². The van der Waals surface area contributed by atoms with Crippen molar-refractivity contribution in [3.63, 3.8) is 0 Å². The summed E-state index contributed by atoms with van der Waals surface area (Å²) in [6.07, 6.45) is -0.0599. The number of carbonyl (C=O) groups excluding carboxylic acids is 1. The Morgan fingerprint density at radius 3 is 2.59 bits per heavy atom. The van der Waals surface area contributed by atoms with Crippen LogP contribution in [0, 0.1) is 18.8 Å². The van der Waals surface area contributed by atoms with Gasteiger partial charge in [-0.25, -0.2) is 9.78 Å². The molecule has 10 heteroatoms. The van der Waals surface area contributed by atoms with Crippen LogP contribution in [0.25, 0.3) is 10.8 Å². The second-order valence-corrected chi connectivity index (χ2v) is 9.52. The SMILES string of the molecule is Cc1oc(-c2cccs2)nc1CC(=O)N(CC(C)C)c1c(N)n(CC(C)C)c(=O)[nH]c1=O. The number of aromatic amines is 1. The van der Waals surface area contributed by atoms with Crippen molar-refractivity contribution < 1.29 is 9.21 Å². The first kappa shape index (κ1) is 23.5. The summed E-state index contributed by atoms with van der Waals surface area (Å²) in [5.74, 6) is 0.814. The smallest absolute Gasteiger partial charge is 0.330 e. The minimum absolute atomic E-state index is 0.0106. The molecule has 0 unspecified atom stereocenters. The summed E-state index contributed by atoms with van der Waals surface area (Å²) < 4.78 is 7.05. The van der Waals surface area contributed by atoms with Gasteiger partial charge in [-0.3, -0.25) is 19.1 Å². The lowest BCUT2D eigenvalue weighted by atomic mass is 10.1. The van der Waals surface area contributed by atoms with Crippen LogP contribution in [0.4, 0.5) is 11.5 Å². The second kappa shape index (κ2) is 9.56. The number of H-pyrrole nitrogens is 1. The number of nitrogens with one attached hydrogen (secondary N) is 1. The van der Waals surface area contributed by atoms with Crippen LogP contribution in [0.3, 0.4) is 0 Å². The minimum atomic E-state index is -0.683. The van der Waals surface area contributed by atoms with Crippen molar-refractivity contribution in [2.45, 2.75) is 47.6 Å². The molecule has 0 saturated carbocycles. The van der Waals surface area contributed by atoms with Crippen LogP contribution in [0.2, 0.25) is 0 Å². The highest BCUT2D eigenvalue weighted by Crippen LogP contribution is 2.27. The van der Waals surface area contributed by atoms with E-state index in [4.69, 9.17) is 10.2 Å². The lowest BCUT2D eigenvalue weighted by Crippen LogP contribution is -2.43. The summed E-state index contributed by atoms with van der Waals surface area (Å²) in [6.45, 7) is 10.1. The first-order valence-corrected chi connectivity index (χ1v) is 11.4. The Hall–Kier alpha value is -3.14. The Bertz CT molecular complexity index is 1200. The van der Waals surface area contributed by atoms with Crippen molar-refractivity contribution in [2.75, 3.05) is 17.2 Å². The monoisotopic (exact) mass is 459 g/mol. The lowest BCUT2D eigenvalue weighted by molar-refractivity contribution is -0.118. The number of amides is 1. The van der Waals surface area contributed by atoms with Crippen molar-refractivity contribution >= 4 is 28.7 Å². The zero-order valence-electron chi connectivity index (χ0n) is 19.0. The molecule has 0 atom stereocenters. The van der Waals surface area contributed by atoms with E-state index in [0.717, 1.165) is 4.88 Å². The fourth-order valence-electron chi connectivity index (χ4n) is 3.40. The molecule has 1 amide bonds. The zero-order valence-corrected chi connectivity index (χ0v) is 19.8. The van der Waals surface area contributed by atoms with Gasteiger partial charge in [0.05, 0.1) is 17.0 Å². The fourth-order valence-corrected chi connectivity index (χ4v) is 4.05. The number of nitrogens with zero attached hydrogens (tertiary/aromatic N) is 3. The predicted octanol–water partition coefficient (Wildman–Crippen LogP) is 3.03. The van der Waals surface area contributed by atoms with E-state index in [1.165, 1.54) is 20.8 Å². The molecule has 3 aromatic rings. The van der Waals surface area contributed by atoms with E-state index in [-0.39, 0.29) is 42.2 Å². The van der Waals surface area contributed by atoms with Gasteiger partial charge < -0.3 is 15.1 Å². The standard InChI is InChI=1S/C22H29N5O4S/c1-12(2)10-26(18-19(23)27(11-13(3)4)22(30)25-20(18)29)17(28)9-15-14(5)31-21(24-15)16-7-6-8-32-16/h6-8,12-13H,9-11,23H2,1-5H3,(H,25,29,30). The molecule has 9 nitrogen and oxygen atoms in total. The first-order valence-electron chi connectivity index (χ1n) is 10.5. The lowest BCUT2D eigenvalue weighted by Gasteiger charge is -2.26. The Morgan fingerprint density at radius 2 is 2.00 bits per heavy atom. The molecular weight excluding hydrogens is 430 g/mol. The maximum absolute atomic E-state index is 13.4. The molecule has 172 valence electrons. The molecule has 0 aromatic carbocycles. The van der Waals surface area contributed by atoms with E-state index in [0.29, 0.717) is 23.9 Å². The maximum Gasteiger partial charge on any atom is 0.330 e. The van der Waals surface area contributed by atoms with Crippen LogP contribution in [0.5, 0.6) is 0 Å². The molecule has 0 bridgehead atoms.